The van der Waals surface area contributed by atoms with Crippen LogP contribution >= 0.6 is 0 Å². The molecular formula is C8H17NO2S. The molecule has 0 bridgehead atoms. The standard InChI is InChI=1S/C8H17NO2S/c1-7(2)4-5-8(9)6-12(3,10)11/h8H,1,4-6,9H2,2-3H3. The molecule has 0 saturated carbocycles. The van der Waals surface area contributed by atoms with E-state index in [1.165, 1.54) is 6.26 Å². The first-order chi connectivity index (χ1) is 5.31. The zero-order valence-corrected chi connectivity index (χ0v) is 8.52. The fourth-order valence-electron chi connectivity index (χ4n) is 0.904. The summed E-state index contributed by atoms with van der Waals surface area (Å²) in [5.41, 5.74) is 6.63. The number of sulfone groups is 1. The normalized spacial score (nSPS) is 14.2. The summed E-state index contributed by atoms with van der Waals surface area (Å²) in [5, 5.41) is 0. The van der Waals surface area contributed by atoms with Gasteiger partial charge in [0.15, 0.2) is 0 Å². The SMILES string of the molecule is C=C(C)CCC(N)CS(C)(=O)=O. The van der Waals surface area contributed by atoms with Gasteiger partial charge >= 0.3 is 0 Å². The molecule has 72 valence electrons. The molecule has 0 heterocycles. The molecule has 0 aromatic heterocycles. The molecule has 2 N–H and O–H groups in total. The minimum Gasteiger partial charge on any atom is -0.327 e. The Labute approximate surface area is 74.6 Å². The molecule has 0 aliphatic heterocycles. The van der Waals surface area contributed by atoms with E-state index in [1.54, 1.807) is 0 Å². The third-order valence-corrected chi connectivity index (χ3v) is 2.49. The molecule has 0 aliphatic carbocycles. The molecule has 1 unspecified atom stereocenters. The summed E-state index contributed by atoms with van der Waals surface area (Å²) in [6.45, 7) is 5.63. The molecule has 0 aliphatic rings. The predicted octanol–water partition coefficient (Wildman–Crippen LogP) is 0.715. The minimum atomic E-state index is -2.93. The molecule has 0 rings (SSSR count). The lowest BCUT2D eigenvalue weighted by Crippen LogP contribution is -2.28. The topological polar surface area (TPSA) is 60.2 Å². The van der Waals surface area contributed by atoms with E-state index in [9.17, 15) is 8.42 Å². The Morgan fingerprint density at radius 1 is 1.58 bits per heavy atom. The average molecular weight is 191 g/mol. The molecule has 3 nitrogen and oxygen atoms in total. The van der Waals surface area contributed by atoms with Crippen LogP contribution in [0.5, 0.6) is 0 Å². The van der Waals surface area contributed by atoms with Gasteiger partial charge in [-0.25, -0.2) is 8.42 Å². The summed E-state index contributed by atoms with van der Waals surface area (Å²) in [4.78, 5) is 0. The Kier molecular flexibility index (Phi) is 4.49. The van der Waals surface area contributed by atoms with E-state index >= 15 is 0 Å². The van der Waals surface area contributed by atoms with Gasteiger partial charge in [0.2, 0.25) is 0 Å². The molecule has 1 atom stereocenters. The maximum atomic E-state index is 10.8. The van der Waals surface area contributed by atoms with Crippen molar-refractivity contribution in [1.29, 1.82) is 0 Å². The molecular weight excluding hydrogens is 174 g/mol. The van der Waals surface area contributed by atoms with Gasteiger partial charge < -0.3 is 5.73 Å². The summed E-state index contributed by atoms with van der Waals surface area (Å²) in [6, 6.07) is -0.253. The van der Waals surface area contributed by atoms with Gasteiger partial charge in [0.25, 0.3) is 0 Å². The number of rotatable bonds is 5. The maximum absolute atomic E-state index is 10.8. The van der Waals surface area contributed by atoms with Crippen LogP contribution in [0.3, 0.4) is 0 Å². The predicted molar refractivity (Wildman–Crippen MR) is 51.7 cm³/mol. The van der Waals surface area contributed by atoms with Gasteiger partial charge in [-0.2, -0.15) is 0 Å². The quantitative estimate of drug-likeness (QED) is 0.651. The highest BCUT2D eigenvalue weighted by atomic mass is 32.2. The number of nitrogens with two attached hydrogens (primary N) is 1. The maximum Gasteiger partial charge on any atom is 0.148 e. The molecule has 0 aromatic carbocycles. The Morgan fingerprint density at radius 3 is 2.42 bits per heavy atom. The smallest absolute Gasteiger partial charge is 0.148 e. The van der Waals surface area contributed by atoms with Crippen molar-refractivity contribution >= 4 is 9.84 Å². The van der Waals surface area contributed by atoms with Crippen molar-refractivity contribution in [3.8, 4) is 0 Å². The van der Waals surface area contributed by atoms with Gasteiger partial charge in [0, 0.05) is 12.3 Å². The summed E-state index contributed by atoms with van der Waals surface area (Å²) in [5.74, 6) is 0.0697. The van der Waals surface area contributed by atoms with E-state index in [0.717, 1.165) is 12.0 Å². The van der Waals surface area contributed by atoms with Gasteiger partial charge in [0.05, 0.1) is 5.75 Å². The Morgan fingerprint density at radius 2 is 2.08 bits per heavy atom. The van der Waals surface area contributed by atoms with Crippen molar-refractivity contribution in [2.24, 2.45) is 5.73 Å². The average Bonchev–Trinajstić information content (AvgIpc) is 1.79. The highest BCUT2D eigenvalue weighted by molar-refractivity contribution is 7.90. The molecule has 0 spiro atoms. The third kappa shape index (κ3) is 7.75. The van der Waals surface area contributed by atoms with E-state index < -0.39 is 9.84 Å². The van der Waals surface area contributed by atoms with E-state index in [-0.39, 0.29) is 11.8 Å². The van der Waals surface area contributed by atoms with Gasteiger partial charge in [-0.05, 0) is 19.8 Å². The Balaban J connectivity index is 3.75. The van der Waals surface area contributed by atoms with Crippen LogP contribution in [0.4, 0.5) is 0 Å². The van der Waals surface area contributed by atoms with Crippen molar-refractivity contribution in [3.63, 3.8) is 0 Å². The van der Waals surface area contributed by atoms with E-state index in [0.29, 0.717) is 6.42 Å². The largest absolute Gasteiger partial charge is 0.327 e. The molecule has 0 amide bonds. The highest BCUT2D eigenvalue weighted by Crippen LogP contribution is 2.04. The second kappa shape index (κ2) is 4.62. The van der Waals surface area contributed by atoms with Gasteiger partial charge in [-0.3, -0.25) is 0 Å². The van der Waals surface area contributed by atoms with Crippen LogP contribution in [0.15, 0.2) is 12.2 Å². The van der Waals surface area contributed by atoms with Gasteiger partial charge in [-0.15, -0.1) is 6.58 Å². The van der Waals surface area contributed by atoms with Crippen LogP contribution in [0, 0.1) is 0 Å². The fourth-order valence-corrected chi connectivity index (χ4v) is 1.85. The zero-order chi connectivity index (χ0) is 9.78. The molecule has 0 radical (unpaired) electrons. The van der Waals surface area contributed by atoms with E-state index in [1.807, 2.05) is 6.92 Å². The Bertz CT molecular complexity index is 244. The van der Waals surface area contributed by atoms with Crippen molar-refractivity contribution in [1.82, 2.24) is 0 Å². The van der Waals surface area contributed by atoms with Crippen LogP contribution in [0.1, 0.15) is 19.8 Å². The molecule has 0 saturated heterocycles. The lowest BCUT2D eigenvalue weighted by Gasteiger charge is -2.09. The van der Waals surface area contributed by atoms with Gasteiger partial charge in [-0.1, -0.05) is 5.57 Å². The summed E-state index contributed by atoms with van der Waals surface area (Å²) >= 11 is 0. The first-order valence-corrected chi connectivity index (χ1v) is 5.95. The third-order valence-electron chi connectivity index (χ3n) is 1.46. The second-order valence-electron chi connectivity index (χ2n) is 3.35. The highest BCUT2D eigenvalue weighted by Gasteiger charge is 2.09. The van der Waals surface area contributed by atoms with Crippen molar-refractivity contribution in [3.05, 3.63) is 12.2 Å². The first-order valence-electron chi connectivity index (χ1n) is 3.89. The van der Waals surface area contributed by atoms with E-state index in [2.05, 4.69) is 6.58 Å². The minimum absolute atomic E-state index is 0.0697. The van der Waals surface area contributed by atoms with Crippen molar-refractivity contribution < 1.29 is 8.42 Å². The van der Waals surface area contributed by atoms with Crippen molar-refractivity contribution in [2.75, 3.05) is 12.0 Å². The number of allylic oxidation sites excluding steroid dienone is 1. The number of hydrogen-bond donors (Lipinski definition) is 1. The van der Waals surface area contributed by atoms with Gasteiger partial charge in [0.1, 0.15) is 9.84 Å². The Hall–Kier alpha value is -0.350. The number of hydrogen-bond acceptors (Lipinski definition) is 3. The van der Waals surface area contributed by atoms with Crippen LogP contribution in [-0.2, 0) is 9.84 Å². The van der Waals surface area contributed by atoms with Crippen molar-refractivity contribution in [2.45, 2.75) is 25.8 Å². The molecule has 0 fully saturated rings. The lowest BCUT2D eigenvalue weighted by molar-refractivity contribution is 0.584. The first kappa shape index (κ1) is 11.6. The summed E-state index contributed by atoms with van der Waals surface area (Å²) in [6.07, 6.45) is 2.70. The van der Waals surface area contributed by atoms with Crippen LogP contribution in [-0.4, -0.2) is 26.5 Å². The summed E-state index contributed by atoms with van der Waals surface area (Å²) < 4.78 is 21.6. The second-order valence-corrected chi connectivity index (χ2v) is 5.53. The zero-order valence-electron chi connectivity index (χ0n) is 7.71. The van der Waals surface area contributed by atoms with E-state index in [4.69, 9.17) is 5.73 Å². The lowest BCUT2D eigenvalue weighted by atomic mass is 10.1. The van der Waals surface area contributed by atoms with Crippen LogP contribution in [0.2, 0.25) is 0 Å². The van der Waals surface area contributed by atoms with Crippen LogP contribution < -0.4 is 5.73 Å². The molecule has 4 heteroatoms. The summed E-state index contributed by atoms with van der Waals surface area (Å²) in [7, 11) is -2.93. The monoisotopic (exact) mass is 191 g/mol. The molecule has 12 heavy (non-hydrogen) atoms. The fraction of sp³-hybridized carbons (Fsp3) is 0.750. The van der Waals surface area contributed by atoms with Crippen LogP contribution in [0.25, 0.3) is 0 Å². The molecule has 0 aromatic rings.